The molecule has 0 unspecified atom stereocenters. The van der Waals surface area contributed by atoms with Crippen LogP contribution in [-0.2, 0) is 14.3 Å². The van der Waals surface area contributed by atoms with Gasteiger partial charge in [-0.2, -0.15) is 5.26 Å². The molecule has 0 aliphatic rings. The van der Waals surface area contributed by atoms with Crippen LogP contribution in [-0.4, -0.2) is 53.0 Å². The van der Waals surface area contributed by atoms with Crippen molar-refractivity contribution < 1.29 is 34.1 Å². The number of ether oxygens (including phenoxy) is 2. The molecule has 9 nitrogen and oxygen atoms in total. The van der Waals surface area contributed by atoms with Crippen LogP contribution in [0.2, 0.25) is 0 Å². The quantitative estimate of drug-likeness (QED) is 0.292. The molecule has 30 heavy (non-hydrogen) atoms. The molecule has 0 amide bonds. The monoisotopic (exact) mass is 412 g/mol. The molecule has 0 bridgehead atoms. The Labute approximate surface area is 172 Å². The van der Waals surface area contributed by atoms with Crippen LogP contribution in [0.3, 0.4) is 0 Å². The van der Waals surface area contributed by atoms with Crippen molar-refractivity contribution in [3.8, 4) is 11.8 Å². The van der Waals surface area contributed by atoms with Crippen LogP contribution < -0.4 is 0 Å². The maximum atomic E-state index is 12.1. The average molecular weight is 412 g/mol. The summed E-state index contributed by atoms with van der Waals surface area (Å²) in [5, 5.41) is 27.9. The molecule has 0 spiro atoms. The van der Waals surface area contributed by atoms with Crippen LogP contribution in [0.4, 0.5) is 0 Å². The number of carbonyl (C=O) groups is 3. The molecule has 9 heteroatoms. The number of carbonyl (C=O) groups excluding carboxylic acids is 1. The van der Waals surface area contributed by atoms with E-state index in [2.05, 4.69) is 0 Å². The van der Waals surface area contributed by atoms with Gasteiger partial charge < -0.3 is 24.3 Å². The van der Waals surface area contributed by atoms with E-state index < -0.39 is 17.9 Å². The van der Waals surface area contributed by atoms with Crippen LogP contribution in [0.5, 0.6) is 0 Å². The number of methoxy groups -OCH3 is 1. The number of hydrogen-bond donors (Lipinski definition) is 2. The van der Waals surface area contributed by atoms with Gasteiger partial charge in [0, 0.05) is 24.2 Å². The van der Waals surface area contributed by atoms with Gasteiger partial charge in [-0.15, -0.1) is 0 Å². The van der Waals surface area contributed by atoms with Gasteiger partial charge in [0.1, 0.15) is 18.2 Å². The Bertz CT molecular complexity index is 1040. The molecule has 2 rings (SSSR count). The minimum Gasteiger partial charge on any atom is -0.478 e. The van der Waals surface area contributed by atoms with Gasteiger partial charge in [-0.25, -0.2) is 14.4 Å². The summed E-state index contributed by atoms with van der Waals surface area (Å²) in [6, 6.07) is 7.28. The van der Waals surface area contributed by atoms with E-state index in [-0.39, 0.29) is 29.9 Å². The second-order valence-electron chi connectivity index (χ2n) is 6.34. The molecule has 2 aromatic rings. The molecule has 0 fully saturated rings. The highest BCUT2D eigenvalue weighted by Gasteiger charge is 2.17. The number of aromatic carboxylic acids is 2. The first-order chi connectivity index (χ1) is 14.2. The highest BCUT2D eigenvalue weighted by molar-refractivity contribution is 5.98. The molecular weight excluding hydrogens is 392 g/mol. The fraction of sp³-hybridized carbons (Fsp3) is 0.238. The molecule has 0 atom stereocenters. The Kier molecular flexibility index (Phi) is 7.12. The topological polar surface area (TPSA) is 139 Å². The lowest BCUT2D eigenvalue weighted by molar-refractivity contribution is -0.139. The highest BCUT2D eigenvalue weighted by atomic mass is 16.6. The predicted molar refractivity (Wildman–Crippen MR) is 106 cm³/mol. The summed E-state index contributed by atoms with van der Waals surface area (Å²) in [6.45, 7) is 3.65. The fourth-order valence-corrected chi connectivity index (χ4v) is 2.91. The van der Waals surface area contributed by atoms with E-state index in [1.54, 1.807) is 30.6 Å². The number of carboxylic acids is 2. The zero-order valence-corrected chi connectivity index (χ0v) is 16.6. The van der Waals surface area contributed by atoms with Crippen LogP contribution >= 0.6 is 0 Å². The van der Waals surface area contributed by atoms with E-state index >= 15 is 0 Å². The molecule has 2 N–H and O–H groups in total. The molecule has 156 valence electrons. The number of carboxylic acid groups (broad SMARTS) is 2. The second-order valence-corrected chi connectivity index (χ2v) is 6.34. The molecular formula is C21H20N2O7. The van der Waals surface area contributed by atoms with Crippen molar-refractivity contribution in [3.63, 3.8) is 0 Å². The first kappa shape index (κ1) is 22.4. The van der Waals surface area contributed by atoms with Crippen LogP contribution in [0.15, 0.2) is 29.8 Å². The number of esters is 1. The molecule has 0 saturated carbocycles. The van der Waals surface area contributed by atoms with Crippen LogP contribution in [0.1, 0.15) is 37.7 Å². The number of aromatic nitrogens is 1. The summed E-state index contributed by atoms with van der Waals surface area (Å²) in [4.78, 5) is 34.8. The highest BCUT2D eigenvalue weighted by Crippen LogP contribution is 2.25. The van der Waals surface area contributed by atoms with Gasteiger partial charge in [-0.3, -0.25) is 0 Å². The molecule has 0 saturated heterocycles. The molecule has 0 radical (unpaired) electrons. The van der Waals surface area contributed by atoms with Crippen molar-refractivity contribution in [3.05, 3.63) is 57.9 Å². The third-order valence-electron chi connectivity index (χ3n) is 4.30. The number of rotatable bonds is 8. The Hall–Kier alpha value is -3.90. The maximum absolute atomic E-state index is 12.1. The van der Waals surface area contributed by atoms with Crippen molar-refractivity contribution in [2.24, 2.45) is 0 Å². The summed E-state index contributed by atoms with van der Waals surface area (Å²) in [5.41, 5.74) is 1.56. The van der Waals surface area contributed by atoms with E-state index in [9.17, 15) is 29.9 Å². The summed E-state index contributed by atoms with van der Waals surface area (Å²) >= 11 is 0. The van der Waals surface area contributed by atoms with Crippen molar-refractivity contribution in [1.29, 1.82) is 5.26 Å². The van der Waals surface area contributed by atoms with Crippen molar-refractivity contribution in [2.75, 3.05) is 20.3 Å². The predicted octanol–water partition coefficient (Wildman–Crippen LogP) is 2.59. The first-order valence-corrected chi connectivity index (χ1v) is 8.78. The standard InChI is InChI=1S/C21H20N2O7/c1-12-6-14(7-17(11-22)21(28)30-5-4-29-3)13(2)23(12)18-9-15(19(24)25)8-16(10-18)20(26)27/h6-10H,4-5H2,1-3H3,(H,24,25)(H,26,27)/b17-7+. The van der Waals surface area contributed by atoms with Crippen molar-refractivity contribution in [2.45, 2.75) is 13.8 Å². The summed E-state index contributed by atoms with van der Waals surface area (Å²) in [7, 11) is 1.46. The van der Waals surface area contributed by atoms with Crippen molar-refractivity contribution >= 4 is 24.0 Å². The Morgan fingerprint density at radius 1 is 1.07 bits per heavy atom. The van der Waals surface area contributed by atoms with Gasteiger partial charge in [0.05, 0.1) is 17.7 Å². The second kappa shape index (κ2) is 9.54. The Morgan fingerprint density at radius 2 is 1.67 bits per heavy atom. The van der Waals surface area contributed by atoms with E-state index in [1.165, 1.54) is 25.3 Å². The van der Waals surface area contributed by atoms with Crippen LogP contribution in [0, 0.1) is 25.2 Å². The summed E-state index contributed by atoms with van der Waals surface area (Å²) < 4.78 is 11.4. The minimum absolute atomic E-state index is 0.00726. The number of nitriles is 1. The minimum atomic E-state index is -1.26. The van der Waals surface area contributed by atoms with Gasteiger partial charge in [0.25, 0.3) is 0 Å². The van der Waals surface area contributed by atoms with E-state index in [1.807, 2.05) is 0 Å². The molecule has 1 aromatic heterocycles. The van der Waals surface area contributed by atoms with Gasteiger partial charge in [0.15, 0.2) is 0 Å². The first-order valence-electron chi connectivity index (χ1n) is 8.78. The molecule has 0 aliphatic carbocycles. The number of aryl methyl sites for hydroxylation is 1. The number of nitrogens with zero attached hydrogens (tertiary/aromatic N) is 2. The van der Waals surface area contributed by atoms with Crippen molar-refractivity contribution in [1.82, 2.24) is 4.57 Å². The third-order valence-corrected chi connectivity index (χ3v) is 4.30. The zero-order chi connectivity index (χ0) is 22.4. The fourth-order valence-electron chi connectivity index (χ4n) is 2.91. The average Bonchev–Trinajstić information content (AvgIpc) is 2.98. The molecule has 0 aliphatic heterocycles. The summed E-state index contributed by atoms with van der Waals surface area (Å²) in [5.74, 6) is -3.31. The van der Waals surface area contributed by atoms with Gasteiger partial charge in [0.2, 0.25) is 0 Å². The number of benzene rings is 1. The smallest absolute Gasteiger partial charge is 0.348 e. The lowest BCUT2D eigenvalue weighted by Crippen LogP contribution is -2.11. The Morgan fingerprint density at radius 3 is 2.17 bits per heavy atom. The molecule has 1 aromatic carbocycles. The van der Waals surface area contributed by atoms with E-state index in [4.69, 9.17) is 9.47 Å². The normalized spacial score (nSPS) is 11.1. The zero-order valence-electron chi connectivity index (χ0n) is 16.6. The largest absolute Gasteiger partial charge is 0.478 e. The van der Waals surface area contributed by atoms with Crippen LogP contribution in [0.25, 0.3) is 11.8 Å². The number of hydrogen-bond acceptors (Lipinski definition) is 6. The molecule has 1 heterocycles. The van der Waals surface area contributed by atoms with E-state index in [0.717, 1.165) is 6.07 Å². The summed E-state index contributed by atoms with van der Waals surface area (Å²) in [6.07, 6.45) is 1.37. The SMILES string of the molecule is COCCOC(=O)/C(C#N)=C/c1cc(C)n(-c2cc(C(=O)O)cc(C(=O)O)c2)c1C. The van der Waals surface area contributed by atoms with E-state index in [0.29, 0.717) is 22.6 Å². The Balaban J connectivity index is 2.52. The van der Waals surface area contributed by atoms with Gasteiger partial charge in [-0.05, 0) is 49.8 Å². The van der Waals surface area contributed by atoms with Gasteiger partial charge in [-0.1, -0.05) is 0 Å². The third kappa shape index (κ3) is 4.92. The van der Waals surface area contributed by atoms with Gasteiger partial charge >= 0.3 is 17.9 Å². The lowest BCUT2D eigenvalue weighted by atomic mass is 10.1. The maximum Gasteiger partial charge on any atom is 0.348 e. The lowest BCUT2D eigenvalue weighted by Gasteiger charge is -2.12.